The number of amides is 1. The lowest BCUT2D eigenvalue weighted by Gasteiger charge is -2.22. The van der Waals surface area contributed by atoms with E-state index in [-0.39, 0.29) is 0 Å². The quantitative estimate of drug-likeness (QED) is 0.838. The van der Waals surface area contributed by atoms with E-state index in [1.54, 1.807) is 5.38 Å². The summed E-state index contributed by atoms with van der Waals surface area (Å²) in [4.78, 5) is 11.1. The van der Waals surface area contributed by atoms with Crippen molar-refractivity contribution in [1.82, 2.24) is 5.32 Å². The van der Waals surface area contributed by atoms with Gasteiger partial charge in [-0.05, 0) is 22.4 Å². The average molecular weight is 321 g/mol. The second-order valence-electron chi connectivity index (χ2n) is 3.83. The van der Waals surface area contributed by atoms with Crippen LogP contribution in [0.4, 0.5) is 26.3 Å². The van der Waals surface area contributed by atoms with Gasteiger partial charge in [-0.15, -0.1) is 0 Å². The second-order valence-corrected chi connectivity index (χ2v) is 4.61. The third-order valence-electron chi connectivity index (χ3n) is 2.31. The van der Waals surface area contributed by atoms with Gasteiger partial charge in [0, 0.05) is 6.54 Å². The summed E-state index contributed by atoms with van der Waals surface area (Å²) in [5, 5.41) is 14.0. The smallest absolute Gasteiger partial charge is 0.387 e. The minimum atomic E-state index is -5.74. The molecule has 0 spiro atoms. The van der Waals surface area contributed by atoms with E-state index in [1.807, 2.05) is 0 Å². The average Bonchev–Trinajstić information content (AvgIpc) is 2.74. The van der Waals surface area contributed by atoms with E-state index < -0.39 is 36.8 Å². The molecule has 0 aliphatic carbocycles. The number of aliphatic hydroxyl groups excluding tert-OH is 1. The number of rotatable bonds is 4. The standard InChI is InChI=1S/C10H9F6NO2S/c11-9(12,13)7(10(14,15)16)8(19)17-3-6(18)5-1-2-20-4-5/h1-2,4,6-7,18H,3H2,(H,17,19). The lowest BCUT2D eigenvalue weighted by atomic mass is 10.1. The third-order valence-corrected chi connectivity index (χ3v) is 3.02. The van der Waals surface area contributed by atoms with Crippen LogP contribution >= 0.6 is 11.3 Å². The molecule has 0 aliphatic rings. The van der Waals surface area contributed by atoms with Crippen LogP contribution in [0.25, 0.3) is 0 Å². The van der Waals surface area contributed by atoms with E-state index in [4.69, 9.17) is 0 Å². The molecule has 1 heterocycles. The zero-order valence-electron chi connectivity index (χ0n) is 9.63. The first-order chi connectivity index (χ1) is 9.03. The molecule has 20 heavy (non-hydrogen) atoms. The number of hydrogen-bond acceptors (Lipinski definition) is 3. The largest absolute Gasteiger partial charge is 0.409 e. The molecule has 0 fully saturated rings. The molecule has 0 aromatic carbocycles. The number of carbonyl (C=O) groups excluding carboxylic acids is 1. The van der Waals surface area contributed by atoms with Crippen LogP contribution in [0.5, 0.6) is 0 Å². The first-order valence-electron chi connectivity index (χ1n) is 5.14. The van der Waals surface area contributed by atoms with Gasteiger partial charge in [-0.25, -0.2) is 0 Å². The molecular weight excluding hydrogens is 312 g/mol. The summed E-state index contributed by atoms with van der Waals surface area (Å²) < 4.78 is 73.3. The zero-order chi connectivity index (χ0) is 15.6. The molecule has 1 rings (SSSR count). The number of carbonyl (C=O) groups is 1. The maximum Gasteiger partial charge on any atom is 0.409 e. The SMILES string of the molecule is O=C(NCC(O)c1ccsc1)C(C(F)(F)F)C(F)(F)F. The molecule has 1 aromatic rings. The summed E-state index contributed by atoms with van der Waals surface area (Å²) in [7, 11) is 0. The monoisotopic (exact) mass is 321 g/mol. The highest BCUT2D eigenvalue weighted by Crippen LogP contribution is 2.39. The van der Waals surface area contributed by atoms with Gasteiger partial charge >= 0.3 is 12.4 Å². The Morgan fingerprint density at radius 3 is 2.20 bits per heavy atom. The summed E-state index contributed by atoms with van der Waals surface area (Å²) >= 11 is 1.18. The Morgan fingerprint density at radius 2 is 1.80 bits per heavy atom. The van der Waals surface area contributed by atoms with Crippen LogP contribution in [0.1, 0.15) is 11.7 Å². The Kier molecular flexibility index (Phi) is 5.03. The van der Waals surface area contributed by atoms with Gasteiger partial charge in [0.25, 0.3) is 0 Å². The maximum atomic E-state index is 12.2. The minimum Gasteiger partial charge on any atom is -0.387 e. The Labute approximate surface area is 113 Å². The normalized spacial score (nSPS) is 14.4. The van der Waals surface area contributed by atoms with Crippen molar-refractivity contribution in [1.29, 1.82) is 0 Å². The van der Waals surface area contributed by atoms with Gasteiger partial charge in [-0.3, -0.25) is 4.79 Å². The minimum absolute atomic E-state index is 0.297. The molecule has 3 nitrogen and oxygen atoms in total. The zero-order valence-corrected chi connectivity index (χ0v) is 10.4. The third kappa shape index (κ3) is 4.37. The van der Waals surface area contributed by atoms with Crippen molar-refractivity contribution < 1.29 is 36.2 Å². The molecule has 0 radical (unpaired) electrons. The molecule has 1 atom stereocenters. The first-order valence-corrected chi connectivity index (χ1v) is 6.09. The number of halogens is 6. The van der Waals surface area contributed by atoms with E-state index in [0.29, 0.717) is 5.56 Å². The molecule has 114 valence electrons. The Morgan fingerprint density at radius 1 is 1.25 bits per heavy atom. The lowest BCUT2D eigenvalue weighted by molar-refractivity contribution is -0.274. The Hall–Kier alpha value is -1.29. The molecule has 0 aliphatic heterocycles. The van der Waals surface area contributed by atoms with Gasteiger partial charge in [0.1, 0.15) is 0 Å². The van der Waals surface area contributed by atoms with Gasteiger partial charge in [-0.2, -0.15) is 37.7 Å². The van der Waals surface area contributed by atoms with E-state index in [0.717, 1.165) is 0 Å². The van der Waals surface area contributed by atoms with Crippen molar-refractivity contribution >= 4 is 17.2 Å². The fourth-order valence-corrected chi connectivity index (χ4v) is 2.07. The summed E-state index contributed by atoms with van der Waals surface area (Å²) in [6.45, 7) is -0.738. The van der Waals surface area contributed by atoms with E-state index in [1.165, 1.54) is 28.1 Å². The van der Waals surface area contributed by atoms with Crippen LogP contribution in [0.2, 0.25) is 0 Å². The van der Waals surface area contributed by atoms with Gasteiger partial charge in [-0.1, -0.05) is 0 Å². The molecular formula is C10H9F6NO2S. The highest BCUT2D eigenvalue weighted by Gasteiger charge is 2.61. The second kappa shape index (κ2) is 6.00. The Balaban J connectivity index is 2.69. The van der Waals surface area contributed by atoms with Crippen molar-refractivity contribution in [2.45, 2.75) is 18.5 Å². The Bertz CT molecular complexity index is 428. The van der Waals surface area contributed by atoms with Gasteiger partial charge < -0.3 is 10.4 Å². The molecule has 1 unspecified atom stereocenters. The van der Waals surface area contributed by atoms with Gasteiger partial charge in [0.15, 0.2) is 0 Å². The van der Waals surface area contributed by atoms with Crippen molar-refractivity contribution in [3.63, 3.8) is 0 Å². The van der Waals surface area contributed by atoms with Crippen LogP contribution in [0, 0.1) is 5.92 Å². The van der Waals surface area contributed by atoms with E-state index in [2.05, 4.69) is 0 Å². The van der Waals surface area contributed by atoms with Crippen LogP contribution < -0.4 is 5.32 Å². The van der Waals surface area contributed by atoms with Crippen molar-refractivity contribution in [3.05, 3.63) is 22.4 Å². The van der Waals surface area contributed by atoms with Crippen LogP contribution in [-0.2, 0) is 4.79 Å². The lowest BCUT2D eigenvalue weighted by Crippen LogP contribution is -2.48. The van der Waals surface area contributed by atoms with Crippen LogP contribution in [0.15, 0.2) is 16.8 Å². The highest BCUT2D eigenvalue weighted by atomic mass is 32.1. The van der Waals surface area contributed by atoms with Crippen molar-refractivity contribution in [2.75, 3.05) is 6.54 Å². The highest BCUT2D eigenvalue weighted by molar-refractivity contribution is 7.07. The number of hydrogen-bond donors (Lipinski definition) is 2. The maximum absolute atomic E-state index is 12.2. The molecule has 1 aromatic heterocycles. The summed E-state index contributed by atoms with van der Waals surface area (Å²) in [6, 6.07) is 1.44. The number of alkyl halides is 6. The predicted molar refractivity (Wildman–Crippen MR) is 57.9 cm³/mol. The number of aliphatic hydroxyl groups is 1. The number of thiophene rings is 1. The molecule has 0 saturated heterocycles. The molecule has 1 amide bonds. The topological polar surface area (TPSA) is 49.3 Å². The van der Waals surface area contributed by atoms with Crippen molar-refractivity contribution in [3.8, 4) is 0 Å². The number of nitrogens with one attached hydrogen (secondary N) is 1. The van der Waals surface area contributed by atoms with E-state index >= 15 is 0 Å². The first kappa shape index (κ1) is 16.8. The summed E-state index contributed by atoms with van der Waals surface area (Å²) in [6.07, 6.45) is -12.8. The molecule has 0 bridgehead atoms. The summed E-state index contributed by atoms with van der Waals surface area (Å²) in [5.41, 5.74) is 0.297. The van der Waals surface area contributed by atoms with Gasteiger partial charge in [0.2, 0.25) is 11.8 Å². The van der Waals surface area contributed by atoms with Crippen LogP contribution in [-0.4, -0.2) is 29.9 Å². The predicted octanol–water partition coefficient (Wildman–Crippen LogP) is 2.64. The molecule has 10 heteroatoms. The van der Waals surface area contributed by atoms with Crippen LogP contribution in [0.3, 0.4) is 0 Å². The fraction of sp³-hybridized carbons (Fsp3) is 0.500. The summed E-state index contributed by atoms with van der Waals surface area (Å²) in [5.74, 6) is -6.34. The van der Waals surface area contributed by atoms with E-state index in [9.17, 15) is 36.2 Å². The van der Waals surface area contributed by atoms with Crippen molar-refractivity contribution in [2.24, 2.45) is 5.92 Å². The van der Waals surface area contributed by atoms with Gasteiger partial charge in [0.05, 0.1) is 6.10 Å². The molecule has 0 saturated carbocycles. The molecule has 2 N–H and O–H groups in total. The fourth-order valence-electron chi connectivity index (χ4n) is 1.36.